The molecule has 9 nitrogen and oxygen atoms in total. The predicted molar refractivity (Wildman–Crippen MR) is 68.6 cm³/mol. The van der Waals surface area contributed by atoms with Crippen molar-refractivity contribution in [3.63, 3.8) is 0 Å². The van der Waals surface area contributed by atoms with Crippen LogP contribution in [0.4, 0.5) is 11.4 Å². The lowest BCUT2D eigenvalue weighted by Crippen LogP contribution is -2.15. The lowest BCUT2D eigenvalue weighted by Gasteiger charge is -2.07. The fraction of sp³-hybridized carbons (Fsp3) is 0.273. The Morgan fingerprint density at radius 1 is 1.45 bits per heavy atom. The third-order valence-electron chi connectivity index (χ3n) is 2.27. The minimum absolute atomic E-state index is 0.0318. The molecule has 20 heavy (non-hydrogen) atoms. The van der Waals surface area contributed by atoms with E-state index in [1.807, 2.05) is 0 Å². The smallest absolute Gasteiger partial charge is 0.329 e. The Labute approximate surface area is 113 Å². The van der Waals surface area contributed by atoms with Crippen LogP contribution in [0, 0.1) is 10.1 Å². The molecule has 0 radical (unpaired) electrons. The van der Waals surface area contributed by atoms with Crippen molar-refractivity contribution in [3.05, 3.63) is 33.9 Å². The Morgan fingerprint density at radius 3 is 2.70 bits per heavy atom. The highest BCUT2D eigenvalue weighted by atomic mass is 16.6. The summed E-state index contributed by atoms with van der Waals surface area (Å²) in [6.45, 7) is -0.185. The normalized spacial score (nSPS) is 10.0. The fourth-order valence-corrected chi connectivity index (χ4v) is 1.40. The van der Waals surface area contributed by atoms with Gasteiger partial charge in [0, 0.05) is 18.2 Å². The summed E-state index contributed by atoms with van der Waals surface area (Å²) in [5.74, 6) is -1.86. The van der Waals surface area contributed by atoms with Crippen LogP contribution < -0.4 is 11.1 Å². The van der Waals surface area contributed by atoms with Gasteiger partial charge in [-0.1, -0.05) is 0 Å². The summed E-state index contributed by atoms with van der Waals surface area (Å²) in [5.41, 5.74) is 4.98. The van der Waals surface area contributed by atoms with Gasteiger partial charge in [-0.25, -0.2) is 4.79 Å². The molecule has 1 rings (SSSR count). The second kappa shape index (κ2) is 7.04. The number of nitro groups is 1. The minimum atomic E-state index is -1.10. The largest absolute Gasteiger partial charge is 0.480 e. The molecule has 0 unspecified atom stereocenters. The zero-order valence-corrected chi connectivity index (χ0v) is 10.4. The molecule has 0 aromatic heterocycles. The highest BCUT2D eigenvalue weighted by Crippen LogP contribution is 2.25. The van der Waals surface area contributed by atoms with Crippen molar-refractivity contribution >= 4 is 23.3 Å². The van der Waals surface area contributed by atoms with Crippen LogP contribution >= 0.6 is 0 Å². The Balaban J connectivity index is 2.67. The Bertz CT molecular complexity index is 531. The van der Waals surface area contributed by atoms with Gasteiger partial charge in [0.15, 0.2) is 0 Å². The number of hydrogen-bond acceptors (Lipinski definition) is 6. The number of rotatable bonds is 8. The SMILES string of the molecule is NC(=O)c1ccc(NCCOCC(=O)O)c([N+](=O)[O-])c1. The summed E-state index contributed by atoms with van der Waals surface area (Å²) in [6, 6.07) is 3.79. The van der Waals surface area contributed by atoms with E-state index >= 15 is 0 Å². The number of primary amides is 1. The first-order chi connectivity index (χ1) is 9.41. The lowest BCUT2D eigenvalue weighted by atomic mass is 10.1. The third-order valence-corrected chi connectivity index (χ3v) is 2.27. The fourth-order valence-electron chi connectivity index (χ4n) is 1.40. The third kappa shape index (κ3) is 4.53. The first-order valence-electron chi connectivity index (χ1n) is 5.53. The number of aliphatic carboxylic acids is 1. The molecule has 0 saturated heterocycles. The average molecular weight is 283 g/mol. The standard InChI is InChI=1S/C11H13N3O6/c12-11(17)7-1-2-8(9(5-7)14(18)19)13-3-4-20-6-10(15)16/h1-2,5,13H,3-4,6H2,(H2,12,17)(H,15,16). The molecular weight excluding hydrogens is 270 g/mol. The second-order valence-electron chi connectivity index (χ2n) is 3.73. The first kappa shape index (κ1) is 15.4. The first-order valence-corrected chi connectivity index (χ1v) is 5.53. The van der Waals surface area contributed by atoms with Crippen molar-refractivity contribution in [2.75, 3.05) is 25.1 Å². The van der Waals surface area contributed by atoms with Crippen LogP contribution in [0.5, 0.6) is 0 Å². The van der Waals surface area contributed by atoms with Gasteiger partial charge in [0.1, 0.15) is 12.3 Å². The van der Waals surface area contributed by atoms with Crippen LogP contribution in [-0.4, -0.2) is 41.7 Å². The lowest BCUT2D eigenvalue weighted by molar-refractivity contribution is -0.384. The summed E-state index contributed by atoms with van der Waals surface area (Å²) in [6.07, 6.45) is 0. The number of anilines is 1. The van der Waals surface area contributed by atoms with E-state index in [4.69, 9.17) is 15.6 Å². The van der Waals surface area contributed by atoms with Crippen LogP contribution in [0.15, 0.2) is 18.2 Å². The molecule has 4 N–H and O–H groups in total. The van der Waals surface area contributed by atoms with Gasteiger partial charge in [-0.3, -0.25) is 14.9 Å². The zero-order valence-electron chi connectivity index (χ0n) is 10.4. The van der Waals surface area contributed by atoms with E-state index in [-0.39, 0.29) is 30.1 Å². The number of carboxylic acids is 1. The van der Waals surface area contributed by atoms with Crippen LogP contribution in [0.2, 0.25) is 0 Å². The van der Waals surface area contributed by atoms with E-state index in [0.717, 1.165) is 6.07 Å². The molecule has 0 aliphatic heterocycles. The van der Waals surface area contributed by atoms with Crippen molar-refractivity contribution in [1.82, 2.24) is 0 Å². The number of nitrogens with zero attached hydrogens (tertiary/aromatic N) is 1. The van der Waals surface area contributed by atoms with Crippen molar-refractivity contribution < 1.29 is 24.4 Å². The van der Waals surface area contributed by atoms with Gasteiger partial charge in [-0.2, -0.15) is 0 Å². The molecule has 0 heterocycles. The zero-order chi connectivity index (χ0) is 15.1. The molecule has 0 fully saturated rings. The Hall–Kier alpha value is -2.68. The molecule has 108 valence electrons. The number of hydrogen-bond donors (Lipinski definition) is 3. The molecule has 1 amide bonds. The monoisotopic (exact) mass is 283 g/mol. The van der Waals surface area contributed by atoms with E-state index in [9.17, 15) is 19.7 Å². The van der Waals surface area contributed by atoms with Crippen LogP contribution in [0.3, 0.4) is 0 Å². The average Bonchev–Trinajstić information content (AvgIpc) is 2.37. The van der Waals surface area contributed by atoms with Crippen LogP contribution in [0.1, 0.15) is 10.4 Å². The van der Waals surface area contributed by atoms with E-state index in [1.54, 1.807) is 0 Å². The maximum absolute atomic E-state index is 11.0. The van der Waals surface area contributed by atoms with E-state index in [0.29, 0.717) is 0 Å². The maximum Gasteiger partial charge on any atom is 0.329 e. The highest BCUT2D eigenvalue weighted by molar-refractivity contribution is 5.94. The number of benzene rings is 1. The molecule has 1 aromatic rings. The van der Waals surface area contributed by atoms with Crippen molar-refractivity contribution in [2.45, 2.75) is 0 Å². The van der Waals surface area contributed by atoms with E-state index < -0.39 is 23.4 Å². The predicted octanol–water partition coefficient (Wildman–Crippen LogP) is 0.207. The molecule has 0 bridgehead atoms. The van der Waals surface area contributed by atoms with Crippen LogP contribution in [-0.2, 0) is 9.53 Å². The van der Waals surface area contributed by atoms with E-state index in [1.165, 1.54) is 12.1 Å². The number of carbonyl (C=O) groups is 2. The van der Waals surface area contributed by atoms with Gasteiger partial charge < -0.3 is 20.9 Å². The van der Waals surface area contributed by atoms with Crippen molar-refractivity contribution in [1.29, 1.82) is 0 Å². The molecule has 0 saturated carbocycles. The molecule has 0 spiro atoms. The number of nitro benzene ring substituents is 1. The van der Waals surface area contributed by atoms with E-state index in [2.05, 4.69) is 5.32 Å². The molecule has 9 heteroatoms. The van der Waals surface area contributed by atoms with Gasteiger partial charge in [0.2, 0.25) is 5.91 Å². The summed E-state index contributed by atoms with van der Waals surface area (Å²) < 4.78 is 4.77. The van der Waals surface area contributed by atoms with Crippen molar-refractivity contribution in [2.24, 2.45) is 5.73 Å². The summed E-state index contributed by atoms with van der Waals surface area (Å²) in [5, 5.41) is 22.0. The molecule has 0 atom stereocenters. The topological polar surface area (TPSA) is 145 Å². The van der Waals surface area contributed by atoms with Crippen molar-refractivity contribution in [3.8, 4) is 0 Å². The molecular formula is C11H13N3O6. The molecule has 1 aromatic carbocycles. The molecule has 0 aliphatic carbocycles. The quantitative estimate of drug-likeness (QED) is 0.351. The Morgan fingerprint density at radius 2 is 2.15 bits per heavy atom. The second-order valence-corrected chi connectivity index (χ2v) is 3.73. The highest BCUT2D eigenvalue weighted by Gasteiger charge is 2.16. The van der Waals surface area contributed by atoms with Gasteiger partial charge in [-0.05, 0) is 12.1 Å². The van der Waals surface area contributed by atoms with Gasteiger partial charge in [-0.15, -0.1) is 0 Å². The number of amides is 1. The number of carbonyl (C=O) groups excluding carboxylic acids is 1. The van der Waals surface area contributed by atoms with Gasteiger partial charge in [0.05, 0.1) is 11.5 Å². The number of carboxylic acid groups (broad SMARTS) is 1. The van der Waals surface area contributed by atoms with Gasteiger partial charge >= 0.3 is 5.97 Å². The number of nitrogens with one attached hydrogen (secondary N) is 1. The minimum Gasteiger partial charge on any atom is -0.480 e. The summed E-state index contributed by atoms with van der Waals surface area (Å²) in [4.78, 5) is 31.4. The Kier molecular flexibility index (Phi) is 5.42. The number of nitrogens with two attached hydrogens (primary N) is 1. The maximum atomic E-state index is 11.0. The summed E-state index contributed by atoms with van der Waals surface area (Å²) in [7, 11) is 0. The summed E-state index contributed by atoms with van der Waals surface area (Å²) >= 11 is 0. The van der Waals surface area contributed by atoms with Crippen LogP contribution in [0.25, 0.3) is 0 Å². The number of ether oxygens (including phenoxy) is 1. The molecule has 0 aliphatic rings. The van der Waals surface area contributed by atoms with Gasteiger partial charge in [0.25, 0.3) is 5.69 Å².